The summed E-state index contributed by atoms with van der Waals surface area (Å²) in [7, 11) is -3.42. The largest absolute Gasteiger partial charge is 0.481 e. The number of hydrogen-bond acceptors (Lipinski definition) is 4. The lowest BCUT2D eigenvalue weighted by Gasteiger charge is -2.17. The van der Waals surface area contributed by atoms with Gasteiger partial charge in [-0.2, -0.15) is 13.2 Å². The van der Waals surface area contributed by atoms with Crippen molar-refractivity contribution < 1.29 is 26.3 Å². The Kier molecular flexibility index (Phi) is 5.94. The topological polar surface area (TPSA) is 84.1 Å². The van der Waals surface area contributed by atoms with E-state index in [0.29, 0.717) is 5.69 Å². The Labute approximate surface area is 206 Å². The third kappa shape index (κ3) is 5.18. The quantitative estimate of drug-likeness (QED) is 0.307. The van der Waals surface area contributed by atoms with Crippen LogP contribution in [0.1, 0.15) is 36.6 Å². The Bertz CT molecular complexity index is 1510. The molecule has 0 saturated heterocycles. The number of fused-ring (bicyclic) bond motifs is 1. The minimum absolute atomic E-state index is 0.181. The van der Waals surface area contributed by atoms with Crippen LogP contribution in [0.5, 0.6) is 5.75 Å². The number of benzene rings is 3. The van der Waals surface area contributed by atoms with Crippen LogP contribution in [-0.2, 0) is 10.0 Å². The number of aromatic nitrogens is 2. The molecule has 0 radical (unpaired) electrons. The molecule has 188 valence electrons. The summed E-state index contributed by atoms with van der Waals surface area (Å²) in [5.41, 5.74) is 4.77. The van der Waals surface area contributed by atoms with E-state index >= 15 is 0 Å². The van der Waals surface area contributed by atoms with E-state index in [9.17, 15) is 21.6 Å². The highest BCUT2D eigenvalue weighted by atomic mass is 32.2. The van der Waals surface area contributed by atoms with E-state index in [1.54, 1.807) is 36.4 Å². The Morgan fingerprint density at radius 3 is 2.47 bits per heavy atom. The number of nitrogens with one attached hydrogen (secondary N) is 2. The molecule has 0 amide bonds. The van der Waals surface area contributed by atoms with Gasteiger partial charge in [0.05, 0.1) is 23.0 Å². The average molecular weight is 516 g/mol. The molecule has 0 bridgehead atoms. The van der Waals surface area contributed by atoms with Gasteiger partial charge < -0.3 is 9.72 Å². The number of H-pyrrole nitrogens is 1. The molecule has 5 rings (SSSR count). The van der Waals surface area contributed by atoms with Crippen molar-refractivity contribution >= 4 is 26.7 Å². The molecule has 1 fully saturated rings. The second kappa shape index (κ2) is 8.85. The number of hydrogen-bond donors (Lipinski definition) is 2. The second-order valence-corrected chi connectivity index (χ2v) is 10.8. The molecular weight excluding hydrogens is 491 g/mol. The molecule has 2 N–H and O–H groups in total. The molecule has 1 heterocycles. The lowest BCUT2D eigenvalue weighted by atomic mass is 10.0. The maximum Gasteiger partial charge on any atom is 0.425 e. The lowest BCUT2D eigenvalue weighted by molar-refractivity contribution is -0.189. The van der Waals surface area contributed by atoms with Crippen molar-refractivity contribution in [3.8, 4) is 16.9 Å². The summed E-state index contributed by atoms with van der Waals surface area (Å²) in [5, 5.41) is 0. The van der Waals surface area contributed by atoms with Crippen molar-refractivity contribution in [2.24, 2.45) is 0 Å². The van der Waals surface area contributed by atoms with E-state index in [-0.39, 0.29) is 17.6 Å². The van der Waals surface area contributed by atoms with E-state index in [0.717, 1.165) is 53.1 Å². The first-order valence-electron chi connectivity index (χ1n) is 11.4. The van der Waals surface area contributed by atoms with Crippen LogP contribution in [0, 0.1) is 0 Å². The van der Waals surface area contributed by atoms with E-state index in [2.05, 4.69) is 9.71 Å². The molecule has 6 nitrogen and oxygen atoms in total. The number of nitrogens with zero attached hydrogens (tertiary/aromatic N) is 1. The maximum atomic E-state index is 12.7. The molecule has 3 unspecified atom stereocenters. The number of ether oxygens (including phenoxy) is 1. The van der Waals surface area contributed by atoms with E-state index in [4.69, 9.17) is 9.72 Å². The first-order chi connectivity index (χ1) is 17.0. The van der Waals surface area contributed by atoms with Gasteiger partial charge in [-0.25, -0.2) is 13.4 Å². The Morgan fingerprint density at radius 2 is 1.78 bits per heavy atom. The van der Waals surface area contributed by atoms with Crippen molar-refractivity contribution in [3.63, 3.8) is 0 Å². The maximum absolute atomic E-state index is 12.7. The van der Waals surface area contributed by atoms with Crippen LogP contribution in [0.3, 0.4) is 0 Å². The van der Waals surface area contributed by atoms with Crippen LogP contribution in [0.15, 0.2) is 66.7 Å². The molecule has 36 heavy (non-hydrogen) atoms. The summed E-state index contributed by atoms with van der Waals surface area (Å²) >= 11 is 0. The number of halogens is 3. The van der Waals surface area contributed by atoms with E-state index < -0.39 is 22.3 Å². The van der Waals surface area contributed by atoms with Crippen LogP contribution >= 0.6 is 0 Å². The Morgan fingerprint density at radius 1 is 1.06 bits per heavy atom. The minimum Gasteiger partial charge on any atom is -0.481 e. The predicted octanol–water partition coefficient (Wildman–Crippen LogP) is 6.20. The highest BCUT2D eigenvalue weighted by Gasteiger charge is 2.42. The molecule has 0 aliphatic heterocycles. The van der Waals surface area contributed by atoms with Gasteiger partial charge in [-0.15, -0.1) is 0 Å². The standard InChI is InChI=1S/C26H24F3N3O3S/c1-15(26(27,28)29)35-18-10-7-16(8-11-18)20-14-21(20)25-30-23-12-9-17(13-24(23)31-25)19-5-3-4-6-22(19)32-36(2,33)34/h3-13,15,20-21,32H,14H2,1-2H3,(H,30,31). The van der Waals surface area contributed by atoms with Gasteiger partial charge in [0, 0.05) is 11.5 Å². The van der Waals surface area contributed by atoms with Crippen LogP contribution in [0.2, 0.25) is 0 Å². The molecule has 4 aromatic rings. The Balaban J connectivity index is 1.33. The summed E-state index contributed by atoms with van der Waals surface area (Å²) in [6.45, 7) is 0.985. The smallest absolute Gasteiger partial charge is 0.425 e. The summed E-state index contributed by atoms with van der Waals surface area (Å²) < 4.78 is 69.2. The first kappa shape index (κ1) is 24.2. The van der Waals surface area contributed by atoms with Gasteiger partial charge in [0.15, 0.2) is 6.10 Å². The minimum atomic E-state index is -4.41. The molecule has 1 aliphatic carbocycles. The number of imidazole rings is 1. The van der Waals surface area contributed by atoms with Gasteiger partial charge in [-0.1, -0.05) is 36.4 Å². The van der Waals surface area contributed by atoms with Crippen molar-refractivity contribution in [2.75, 3.05) is 11.0 Å². The second-order valence-electron chi connectivity index (χ2n) is 9.09. The van der Waals surface area contributed by atoms with Crippen molar-refractivity contribution in [3.05, 3.63) is 78.1 Å². The van der Waals surface area contributed by atoms with Gasteiger partial charge in [0.2, 0.25) is 10.0 Å². The summed E-state index contributed by atoms with van der Waals surface area (Å²) in [4.78, 5) is 8.12. The number of alkyl halides is 3. The van der Waals surface area contributed by atoms with Crippen LogP contribution < -0.4 is 9.46 Å². The van der Waals surface area contributed by atoms with Gasteiger partial charge in [-0.3, -0.25) is 4.72 Å². The fourth-order valence-electron chi connectivity index (χ4n) is 4.33. The van der Waals surface area contributed by atoms with E-state index in [1.807, 2.05) is 30.3 Å². The highest BCUT2D eigenvalue weighted by Crippen LogP contribution is 2.54. The third-order valence-corrected chi connectivity index (χ3v) is 6.85. The average Bonchev–Trinajstić information content (AvgIpc) is 3.49. The lowest BCUT2D eigenvalue weighted by Crippen LogP contribution is -2.31. The van der Waals surface area contributed by atoms with Gasteiger partial charge in [-0.05, 0) is 60.7 Å². The monoisotopic (exact) mass is 515 g/mol. The third-order valence-electron chi connectivity index (χ3n) is 6.26. The zero-order valence-electron chi connectivity index (χ0n) is 19.5. The predicted molar refractivity (Wildman–Crippen MR) is 133 cm³/mol. The van der Waals surface area contributed by atoms with Crippen molar-refractivity contribution in [1.82, 2.24) is 9.97 Å². The van der Waals surface area contributed by atoms with Crippen molar-refractivity contribution in [2.45, 2.75) is 37.5 Å². The summed E-state index contributed by atoms with van der Waals surface area (Å²) in [5.74, 6) is 1.43. The van der Waals surface area contributed by atoms with Gasteiger partial charge in [0.25, 0.3) is 0 Å². The summed E-state index contributed by atoms with van der Waals surface area (Å²) in [6.07, 6.45) is -4.28. The molecule has 10 heteroatoms. The fourth-order valence-corrected chi connectivity index (χ4v) is 4.90. The molecule has 1 aliphatic rings. The van der Waals surface area contributed by atoms with E-state index in [1.165, 1.54) is 0 Å². The van der Waals surface area contributed by atoms with Gasteiger partial charge in [0.1, 0.15) is 11.6 Å². The van der Waals surface area contributed by atoms with Crippen LogP contribution in [-0.4, -0.2) is 36.9 Å². The first-order valence-corrected chi connectivity index (χ1v) is 13.3. The van der Waals surface area contributed by atoms with Crippen LogP contribution in [0.4, 0.5) is 18.9 Å². The molecular formula is C26H24F3N3O3S. The fraction of sp³-hybridized carbons (Fsp3) is 0.269. The van der Waals surface area contributed by atoms with Gasteiger partial charge >= 0.3 is 6.18 Å². The zero-order valence-corrected chi connectivity index (χ0v) is 20.3. The number of rotatable bonds is 7. The molecule has 3 aromatic carbocycles. The number of para-hydroxylation sites is 1. The highest BCUT2D eigenvalue weighted by molar-refractivity contribution is 7.92. The number of anilines is 1. The Hall–Kier alpha value is -3.53. The molecule has 0 spiro atoms. The normalized spacial score (nSPS) is 18.7. The number of sulfonamides is 1. The summed E-state index contributed by atoms with van der Waals surface area (Å²) in [6, 6.07) is 19.7. The zero-order chi connectivity index (χ0) is 25.7. The molecule has 1 aromatic heterocycles. The SMILES string of the molecule is CC(Oc1ccc(C2CC2c2nc3ccc(-c4ccccc4NS(C)(=O)=O)cc3[nH]2)cc1)C(F)(F)F. The van der Waals surface area contributed by atoms with Crippen LogP contribution in [0.25, 0.3) is 22.2 Å². The molecule has 3 atom stereocenters. The molecule has 1 saturated carbocycles. The van der Waals surface area contributed by atoms with Crippen molar-refractivity contribution in [1.29, 1.82) is 0 Å². The number of aromatic amines is 1.